The Hall–Kier alpha value is -4.19. The third-order valence-electron chi connectivity index (χ3n) is 7.39. The summed E-state index contributed by atoms with van der Waals surface area (Å²) in [5.74, 6) is -1.82. The predicted molar refractivity (Wildman–Crippen MR) is 149 cm³/mol. The van der Waals surface area contributed by atoms with Gasteiger partial charge in [0.05, 0.1) is 47.2 Å². The van der Waals surface area contributed by atoms with Gasteiger partial charge in [-0.05, 0) is 33.6 Å². The Morgan fingerprint density at radius 3 is 2.70 bits per heavy atom. The quantitative estimate of drug-likeness (QED) is 0.217. The molecule has 1 aliphatic heterocycles. The van der Waals surface area contributed by atoms with E-state index in [-0.39, 0.29) is 38.8 Å². The van der Waals surface area contributed by atoms with Crippen molar-refractivity contribution in [2.75, 3.05) is 12.3 Å². The van der Waals surface area contributed by atoms with Crippen molar-refractivity contribution >= 4 is 38.6 Å². The predicted octanol–water partition coefficient (Wildman–Crippen LogP) is 4.91. The Morgan fingerprint density at radius 2 is 1.95 bits per heavy atom. The molecule has 12 heteroatoms. The van der Waals surface area contributed by atoms with Gasteiger partial charge in [-0.15, -0.1) is 5.10 Å². The van der Waals surface area contributed by atoms with Gasteiger partial charge in [-0.1, -0.05) is 49.4 Å². The van der Waals surface area contributed by atoms with Crippen LogP contribution in [0.25, 0.3) is 22.3 Å². The highest BCUT2D eigenvalue weighted by Gasteiger charge is 2.48. The number of halogens is 3. The molecular formula is C28H25BrF2N8O. The number of amides is 1. The van der Waals surface area contributed by atoms with Gasteiger partial charge in [-0.3, -0.25) is 4.79 Å². The van der Waals surface area contributed by atoms with Crippen LogP contribution in [0.1, 0.15) is 29.8 Å². The Labute approximate surface area is 236 Å². The summed E-state index contributed by atoms with van der Waals surface area (Å²) in [6, 6.07) is 12.7. The van der Waals surface area contributed by atoms with Gasteiger partial charge in [0.15, 0.2) is 11.5 Å². The van der Waals surface area contributed by atoms with Crippen LogP contribution < -0.4 is 5.73 Å². The van der Waals surface area contributed by atoms with E-state index >= 15 is 0 Å². The maximum atomic E-state index is 14.3. The molecule has 1 amide bonds. The van der Waals surface area contributed by atoms with Gasteiger partial charge in [-0.2, -0.15) is 5.10 Å². The lowest BCUT2D eigenvalue weighted by Gasteiger charge is -2.54. The zero-order valence-electron chi connectivity index (χ0n) is 21.7. The number of likely N-dealkylation sites (tertiary alicyclic amines) is 1. The molecular weight excluding hydrogens is 582 g/mol. The molecule has 6 rings (SSSR count). The summed E-state index contributed by atoms with van der Waals surface area (Å²) < 4.78 is 31.5. The standard InChI is InChI=1S/C28H25BrF2N8O/c1-28(2)15-38(22(28)14-37-13-21(35-36-37)19-9-20(30)23(29)24(31)25(19)32)27(40)18-8-17-11-34-39(26(17)33-10-18)12-16-6-4-3-5-7-16/h3-11,13,22H,12,14-15,32H2,1-2H3. The van der Waals surface area contributed by atoms with Crippen LogP contribution in [0.2, 0.25) is 0 Å². The second-order valence-electron chi connectivity index (χ2n) is 10.6. The summed E-state index contributed by atoms with van der Waals surface area (Å²) in [5, 5.41) is 13.5. The van der Waals surface area contributed by atoms with Crippen molar-refractivity contribution in [3.63, 3.8) is 0 Å². The fourth-order valence-electron chi connectivity index (χ4n) is 5.16. The molecule has 1 saturated heterocycles. The second-order valence-corrected chi connectivity index (χ2v) is 11.4. The van der Waals surface area contributed by atoms with Crippen LogP contribution in [0.4, 0.5) is 14.5 Å². The minimum absolute atomic E-state index is 0.109. The SMILES string of the molecule is CC1(C)CN(C(=O)c2cnc3c(cnn3Cc3ccccc3)c2)C1Cn1cc(-c2cc(F)c(Br)c(F)c2N)nn1. The zero-order valence-corrected chi connectivity index (χ0v) is 23.3. The van der Waals surface area contributed by atoms with Gasteiger partial charge < -0.3 is 10.6 Å². The number of nitrogen functional groups attached to an aromatic ring is 1. The van der Waals surface area contributed by atoms with Crippen LogP contribution in [0.15, 0.2) is 65.5 Å². The summed E-state index contributed by atoms with van der Waals surface area (Å²) in [4.78, 5) is 19.9. The monoisotopic (exact) mass is 606 g/mol. The number of carbonyl (C=O) groups excluding carboxylic acids is 1. The average Bonchev–Trinajstić information content (AvgIpc) is 3.58. The Morgan fingerprint density at radius 1 is 1.18 bits per heavy atom. The maximum absolute atomic E-state index is 14.3. The number of aromatic nitrogens is 6. The number of nitrogens with zero attached hydrogens (tertiary/aromatic N) is 7. The lowest BCUT2D eigenvalue weighted by Crippen LogP contribution is -2.65. The molecule has 1 atom stereocenters. The second kappa shape index (κ2) is 9.77. The van der Waals surface area contributed by atoms with Crippen LogP contribution in [-0.4, -0.2) is 53.2 Å². The third-order valence-corrected chi connectivity index (χ3v) is 8.12. The molecule has 204 valence electrons. The molecule has 0 saturated carbocycles. The number of hydrogen-bond acceptors (Lipinski definition) is 6. The van der Waals surface area contributed by atoms with E-state index in [9.17, 15) is 13.6 Å². The average molecular weight is 607 g/mol. The molecule has 40 heavy (non-hydrogen) atoms. The minimum atomic E-state index is -0.891. The van der Waals surface area contributed by atoms with Gasteiger partial charge in [0, 0.05) is 29.1 Å². The first-order valence-corrected chi connectivity index (χ1v) is 13.4. The number of benzene rings is 2. The maximum Gasteiger partial charge on any atom is 0.255 e. The lowest BCUT2D eigenvalue weighted by molar-refractivity contribution is -0.0395. The van der Waals surface area contributed by atoms with E-state index in [0.717, 1.165) is 17.0 Å². The molecule has 1 aliphatic rings. The van der Waals surface area contributed by atoms with Crippen molar-refractivity contribution in [3.8, 4) is 11.3 Å². The molecule has 5 aromatic rings. The molecule has 2 N–H and O–H groups in total. The largest absolute Gasteiger partial charge is 0.396 e. The molecule has 3 aromatic heterocycles. The fourth-order valence-corrected chi connectivity index (χ4v) is 5.49. The topological polar surface area (TPSA) is 108 Å². The first-order valence-electron chi connectivity index (χ1n) is 12.6. The minimum Gasteiger partial charge on any atom is -0.396 e. The van der Waals surface area contributed by atoms with E-state index in [1.807, 2.05) is 41.1 Å². The van der Waals surface area contributed by atoms with E-state index in [2.05, 4.69) is 50.2 Å². The van der Waals surface area contributed by atoms with Crippen molar-refractivity contribution in [3.05, 3.63) is 88.3 Å². The van der Waals surface area contributed by atoms with Gasteiger partial charge in [-0.25, -0.2) is 23.1 Å². The molecule has 1 fully saturated rings. The van der Waals surface area contributed by atoms with Gasteiger partial charge in [0.2, 0.25) is 0 Å². The molecule has 0 aliphatic carbocycles. The van der Waals surface area contributed by atoms with Crippen LogP contribution in [0.3, 0.4) is 0 Å². The van der Waals surface area contributed by atoms with Crippen molar-refractivity contribution < 1.29 is 13.6 Å². The molecule has 0 spiro atoms. The number of anilines is 1. The molecule has 4 heterocycles. The van der Waals surface area contributed by atoms with E-state index in [1.54, 1.807) is 28.2 Å². The highest BCUT2D eigenvalue weighted by Crippen LogP contribution is 2.39. The summed E-state index contributed by atoms with van der Waals surface area (Å²) in [6.07, 6.45) is 4.88. The van der Waals surface area contributed by atoms with Crippen molar-refractivity contribution in [1.82, 2.24) is 34.7 Å². The molecule has 0 radical (unpaired) electrons. The zero-order chi connectivity index (χ0) is 28.2. The highest BCUT2D eigenvalue weighted by atomic mass is 79.9. The van der Waals surface area contributed by atoms with Crippen molar-refractivity contribution in [1.29, 1.82) is 0 Å². The first-order chi connectivity index (χ1) is 19.1. The Kier molecular flexibility index (Phi) is 6.37. The van der Waals surface area contributed by atoms with Crippen molar-refractivity contribution in [2.45, 2.75) is 33.0 Å². The van der Waals surface area contributed by atoms with Gasteiger partial charge in [0.25, 0.3) is 5.91 Å². The van der Waals surface area contributed by atoms with Crippen molar-refractivity contribution in [2.24, 2.45) is 5.41 Å². The smallest absolute Gasteiger partial charge is 0.255 e. The summed E-state index contributed by atoms with van der Waals surface area (Å²) in [7, 11) is 0. The number of pyridine rings is 1. The van der Waals surface area contributed by atoms with Crippen LogP contribution in [0, 0.1) is 17.0 Å². The molecule has 1 unspecified atom stereocenters. The number of nitrogens with two attached hydrogens (primary N) is 1. The van der Waals surface area contributed by atoms with Crippen LogP contribution in [0.5, 0.6) is 0 Å². The summed E-state index contributed by atoms with van der Waals surface area (Å²) in [6.45, 7) is 5.63. The summed E-state index contributed by atoms with van der Waals surface area (Å²) in [5.41, 5.74) is 8.08. The molecule has 9 nitrogen and oxygen atoms in total. The van der Waals surface area contributed by atoms with E-state index in [4.69, 9.17) is 5.73 Å². The normalized spacial score (nSPS) is 16.3. The molecule has 0 bridgehead atoms. The van der Waals surface area contributed by atoms with Gasteiger partial charge >= 0.3 is 0 Å². The van der Waals surface area contributed by atoms with E-state index in [0.29, 0.717) is 30.8 Å². The number of carbonyl (C=O) groups is 1. The lowest BCUT2D eigenvalue weighted by atomic mass is 9.74. The number of hydrogen-bond donors (Lipinski definition) is 1. The van der Waals surface area contributed by atoms with E-state index < -0.39 is 11.6 Å². The summed E-state index contributed by atoms with van der Waals surface area (Å²) >= 11 is 2.85. The van der Waals surface area contributed by atoms with Gasteiger partial charge in [0.1, 0.15) is 11.5 Å². The van der Waals surface area contributed by atoms with E-state index in [1.165, 1.54) is 0 Å². The number of rotatable bonds is 6. The fraction of sp³-hybridized carbons (Fsp3) is 0.250. The Balaban J connectivity index is 1.21. The third kappa shape index (κ3) is 4.51. The Bertz CT molecular complexity index is 1750. The molecule has 2 aromatic carbocycles. The first kappa shape index (κ1) is 26.1. The highest BCUT2D eigenvalue weighted by molar-refractivity contribution is 9.10. The van der Waals surface area contributed by atoms with Crippen LogP contribution in [-0.2, 0) is 13.1 Å². The van der Waals surface area contributed by atoms with Crippen LogP contribution >= 0.6 is 15.9 Å². The number of fused-ring (bicyclic) bond motifs is 1.